The zero-order chi connectivity index (χ0) is 24.2. The van der Waals surface area contributed by atoms with Crippen LogP contribution in [0.5, 0.6) is 0 Å². The van der Waals surface area contributed by atoms with Crippen LogP contribution in [0.15, 0.2) is 30.3 Å². The van der Waals surface area contributed by atoms with Gasteiger partial charge in [-0.1, -0.05) is 62.4 Å². The van der Waals surface area contributed by atoms with Crippen molar-refractivity contribution < 1.29 is 14.6 Å². The van der Waals surface area contributed by atoms with E-state index < -0.39 is 5.60 Å². The van der Waals surface area contributed by atoms with Gasteiger partial charge >= 0.3 is 0 Å². The molecule has 2 aliphatic rings. The number of aliphatic hydroxyl groups is 1. The van der Waals surface area contributed by atoms with Gasteiger partial charge in [0.1, 0.15) is 0 Å². The molecule has 1 aromatic rings. The predicted molar refractivity (Wildman–Crippen MR) is 139 cm³/mol. The van der Waals surface area contributed by atoms with Gasteiger partial charge < -0.3 is 20.1 Å². The molecule has 0 spiro atoms. The lowest BCUT2D eigenvalue weighted by Crippen LogP contribution is -2.48. The molecule has 1 aromatic carbocycles. The second kappa shape index (κ2) is 14.2. The maximum atomic E-state index is 13.4. The summed E-state index contributed by atoms with van der Waals surface area (Å²) in [5, 5.41) is 15.3. The van der Waals surface area contributed by atoms with E-state index in [1.807, 2.05) is 49.2 Å². The van der Waals surface area contributed by atoms with E-state index in [0.717, 1.165) is 50.3 Å². The van der Waals surface area contributed by atoms with Crippen molar-refractivity contribution in [3.8, 4) is 0 Å². The van der Waals surface area contributed by atoms with Gasteiger partial charge in [-0.15, -0.1) is 0 Å². The van der Waals surface area contributed by atoms with Crippen LogP contribution in [0.4, 0.5) is 0 Å². The van der Waals surface area contributed by atoms with E-state index in [1.165, 1.54) is 32.1 Å². The molecule has 1 saturated heterocycles. The minimum Gasteiger partial charge on any atom is -0.385 e. The van der Waals surface area contributed by atoms with Crippen LogP contribution in [0.1, 0.15) is 83.1 Å². The lowest BCUT2D eigenvalue weighted by molar-refractivity contribution is -0.138. The lowest BCUT2D eigenvalue weighted by atomic mass is 9.74. The highest BCUT2D eigenvalue weighted by Crippen LogP contribution is 2.39. The molecular formula is C29H48N2O3. The van der Waals surface area contributed by atoms with Crippen molar-refractivity contribution in [3.05, 3.63) is 35.9 Å². The molecule has 3 rings (SSSR count). The van der Waals surface area contributed by atoms with Crippen LogP contribution in [-0.4, -0.2) is 55.8 Å². The molecule has 192 valence electrons. The summed E-state index contributed by atoms with van der Waals surface area (Å²) < 4.78 is 5.56. The zero-order valence-corrected chi connectivity index (χ0v) is 21.6. The van der Waals surface area contributed by atoms with Crippen LogP contribution in [0.25, 0.3) is 0 Å². The van der Waals surface area contributed by atoms with Crippen molar-refractivity contribution in [1.82, 2.24) is 10.2 Å². The van der Waals surface area contributed by atoms with Crippen molar-refractivity contribution in [1.29, 1.82) is 0 Å². The Bertz CT molecular complexity index is 707. The van der Waals surface area contributed by atoms with Gasteiger partial charge in [-0.25, -0.2) is 0 Å². The van der Waals surface area contributed by atoms with Gasteiger partial charge in [-0.05, 0) is 70.0 Å². The molecule has 0 unspecified atom stereocenters. The van der Waals surface area contributed by atoms with E-state index in [2.05, 4.69) is 5.32 Å². The van der Waals surface area contributed by atoms with Crippen LogP contribution >= 0.6 is 0 Å². The molecular weight excluding hydrogens is 424 g/mol. The number of ether oxygens (including phenoxy) is 1. The van der Waals surface area contributed by atoms with Crippen LogP contribution in [-0.2, 0) is 15.1 Å². The number of likely N-dealkylation sites (tertiary alicyclic amines) is 1. The second-order valence-electron chi connectivity index (χ2n) is 10.6. The Morgan fingerprint density at radius 1 is 1.18 bits per heavy atom. The number of nitrogens with one attached hydrogen (secondary N) is 1. The Balaban J connectivity index is 1.64. The minimum atomic E-state index is -0.927. The highest BCUT2D eigenvalue weighted by atomic mass is 16.5. The van der Waals surface area contributed by atoms with E-state index in [1.54, 1.807) is 0 Å². The molecule has 1 saturated carbocycles. The molecule has 1 aliphatic heterocycles. The number of hydrogen-bond acceptors (Lipinski definition) is 4. The van der Waals surface area contributed by atoms with Gasteiger partial charge in [0.15, 0.2) is 0 Å². The largest absolute Gasteiger partial charge is 0.385 e. The number of rotatable bonds is 13. The average Bonchev–Trinajstić information content (AvgIpc) is 2.88. The van der Waals surface area contributed by atoms with E-state index in [9.17, 15) is 9.90 Å². The number of amides is 1. The van der Waals surface area contributed by atoms with Crippen molar-refractivity contribution >= 4 is 5.91 Å². The molecule has 0 bridgehead atoms. The van der Waals surface area contributed by atoms with E-state index in [0.29, 0.717) is 38.5 Å². The van der Waals surface area contributed by atoms with E-state index >= 15 is 0 Å². The van der Waals surface area contributed by atoms with E-state index in [-0.39, 0.29) is 11.8 Å². The van der Waals surface area contributed by atoms with Crippen LogP contribution in [0, 0.1) is 17.8 Å². The zero-order valence-electron chi connectivity index (χ0n) is 21.6. The van der Waals surface area contributed by atoms with Crippen molar-refractivity contribution in [3.63, 3.8) is 0 Å². The minimum absolute atomic E-state index is 0.0512. The molecule has 5 heteroatoms. The number of piperidine rings is 1. The Kier molecular flexibility index (Phi) is 11.4. The van der Waals surface area contributed by atoms with E-state index in [4.69, 9.17) is 4.74 Å². The monoisotopic (exact) mass is 472 g/mol. The number of benzene rings is 1. The fourth-order valence-corrected chi connectivity index (χ4v) is 6.29. The molecule has 1 heterocycles. The third-order valence-electron chi connectivity index (χ3n) is 8.12. The first-order valence-corrected chi connectivity index (χ1v) is 13.8. The van der Waals surface area contributed by atoms with Crippen LogP contribution in [0.2, 0.25) is 0 Å². The first-order chi connectivity index (χ1) is 16.6. The summed E-state index contributed by atoms with van der Waals surface area (Å²) in [6.07, 6.45) is 11.9. The number of carbonyl (C=O) groups excluding carboxylic acids is 1. The average molecular weight is 473 g/mol. The Morgan fingerprint density at radius 3 is 2.65 bits per heavy atom. The van der Waals surface area contributed by atoms with Gasteiger partial charge in [0.2, 0.25) is 5.91 Å². The second-order valence-corrected chi connectivity index (χ2v) is 10.6. The first kappa shape index (κ1) is 27.2. The molecule has 34 heavy (non-hydrogen) atoms. The molecule has 1 aliphatic carbocycles. The number of hydrogen-bond donors (Lipinski definition) is 2. The van der Waals surface area contributed by atoms with Crippen molar-refractivity contribution in [2.45, 2.75) is 83.2 Å². The van der Waals surface area contributed by atoms with Gasteiger partial charge in [-0.3, -0.25) is 4.79 Å². The van der Waals surface area contributed by atoms with Gasteiger partial charge in [0.05, 0.1) is 5.60 Å². The topological polar surface area (TPSA) is 61.8 Å². The molecule has 0 radical (unpaired) electrons. The highest BCUT2D eigenvalue weighted by molar-refractivity contribution is 5.76. The number of carbonyl (C=O) groups is 1. The van der Waals surface area contributed by atoms with Gasteiger partial charge in [-0.2, -0.15) is 0 Å². The molecule has 1 amide bonds. The SMILES string of the molecule is CCOCCC[C@@](O)(c1ccccc1)[C@@H]1CCCN(C(=O)C[C@H](CNC)CC2CCCCC2)C1. The standard InChI is InChI=1S/C29H48N2O3/c1-3-34-19-11-17-29(33,26-14-8-5-9-15-26)27-16-10-18-31(23-27)28(32)21-25(22-30-2)20-24-12-6-4-7-13-24/h5,8-9,14-15,24-25,27,30,33H,3-4,6-7,10-13,16-23H2,1-2H3/t25-,27-,29-/m1/s1. The molecule has 0 aromatic heterocycles. The summed E-state index contributed by atoms with van der Waals surface area (Å²) in [6, 6.07) is 10.1. The maximum absolute atomic E-state index is 13.4. The number of nitrogens with zero attached hydrogens (tertiary/aromatic N) is 1. The summed E-state index contributed by atoms with van der Waals surface area (Å²) in [5.41, 5.74) is 0.0419. The summed E-state index contributed by atoms with van der Waals surface area (Å²) in [6.45, 7) is 5.73. The van der Waals surface area contributed by atoms with Crippen LogP contribution in [0.3, 0.4) is 0 Å². The quantitative estimate of drug-likeness (QED) is 0.391. The Morgan fingerprint density at radius 2 is 1.94 bits per heavy atom. The van der Waals surface area contributed by atoms with Gasteiger partial charge in [0, 0.05) is 38.6 Å². The Labute approximate surface area is 207 Å². The third-order valence-corrected chi connectivity index (χ3v) is 8.12. The summed E-state index contributed by atoms with van der Waals surface area (Å²) >= 11 is 0. The van der Waals surface area contributed by atoms with Gasteiger partial charge in [0.25, 0.3) is 0 Å². The summed E-state index contributed by atoms with van der Waals surface area (Å²) in [4.78, 5) is 15.5. The summed E-state index contributed by atoms with van der Waals surface area (Å²) in [5.74, 6) is 1.50. The molecule has 2 fully saturated rings. The van der Waals surface area contributed by atoms with Crippen molar-refractivity contribution in [2.75, 3.05) is 39.9 Å². The maximum Gasteiger partial charge on any atom is 0.222 e. The van der Waals surface area contributed by atoms with Crippen molar-refractivity contribution in [2.24, 2.45) is 17.8 Å². The fraction of sp³-hybridized carbons (Fsp3) is 0.759. The normalized spacial score (nSPS) is 22.3. The summed E-state index contributed by atoms with van der Waals surface area (Å²) in [7, 11) is 2.00. The molecule has 5 nitrogen and oxygen atoms in total. The van der Waals surface area contributed by atoms with Crippen LogP contribution < -0.4 is 5.32 Å². The third kappa shape index (κ3) is 7.79. The Hall–Kier alpha value is -1.43. The lowest BCUT2D eigenvalue weighted by Gasteiger charge is -2.43. The highest BCUT2D eigenvalue weighted by Gasteiger charge is 2.41. The smallest absolute Gasteiger partial charge is 0.222 e. The predicted octanol–water partition coefficient (Wildman–Crippen LogP) is 5.13. The molecule has 3 atom stereocenters. The first-order valence-electron chi connectivity index (χ1n) is 13.8. The fourth-order valence-electron chi connectivity index (χ4n) is 6.29. The molecule has 2 N–H and O–H groups in total.